The average Bonchev–Trinajstić information content (AvgIpc) is 2.22. The Labute approximate surface area is 94.7 Å². The van der Waals surface area contributed by atoms with E-state index in [2.05, 4.69) is 9.46 Å². The van der Waals surface area contributed by atoms with Crippen molar-refractivity contribution in [3.63, 3.8) is 0 Å². The van der Waals surface area contributed by atoms with Crippen molar-refractivity contribution in [1.82, 2.24) is 9.44 Å². The van der Waals surface area contributed by atoms with Crippen LogP contribution in [0.25, 0.3) is 0 Å². The fraction of sp³-hybridized carbons (Fsp3) is 0.857. The first-order chi connectivity index (χ1) is 7.52. The van der Waals surface area contributed by atoms with Gasteiger partial charge in [0.2, 0.25) is 0 Å². The van der Waals surface area contributed by atoms with E-state index >= 15 is 0 Å². The van der Waals surface area contributed by atoms with Crippen LogP contribution in [0.2, 0.25) is 0 Å². The fourth-order valence-corrected chi connectivity index (χ4v) is 1.54. The summed E-state index contributed by atoms with van der Waals surface area (Å²) in [6.45, 7) is 1.43. The molecule has 0 rings (SSSR count). The third-order valence-corrected chi connectivity index (χ3v) is 2.44. The number of nitrogens with two attached hydrogens (primary N) is 1. The van der Waals surface area contributed by atoms with Crippen LogP contribution in [0.15, 0.2) is 0 Å². The molecule has 9 heteroatoms. The van der Waals surface area contributed by atoms with E-state index in [1.807, 2.05) is 0 Å². The minimum absolute atomic E-state index is 0.164. The third kappa shape index (κ3) is 8.41. The molecule has 0 radical (unpaired) electrons. The molecular formula is C7H17N3O5S. The molecule has 96 valence electrons. The van der Waals surface area contributed by atoms with Crippen LogP contribution in [-0.4, -0.2) is 47.9 Å². The maximum Gasteiger partial charge on any atom is 0.421 e. The Morgan fingerprint density at radius 1 is 1.38 bits per heavy atom. The molecule has 0 spiro atoms. The van der Waals surface area contributed by atoms with Gasteiger partial charge in [-0.3, -0.25) is 0 Å². The van der Waals surface area contributed by atoms with Crippen molar-refractivity contribution in [1.29, 1.82) is 0 Å². The van der Waals surface area contributed by atoms with Crippen molar-refractivity contribution in [3.05, 3.63) is 0 Å². The first-order valence-corrected chi connectivity index (χ1v) is 6.13. The van der Waals surface area contributed by atoms with Gasteiger partial charge in [-0.1, -0.05) is 0 Å². The number of ether oxygens (including phenoxy) is 2. The summed E-state index contributed by atoms with van der Waals surface area (Å²) in [5.41, 5.74) is 5.18. The largest absolute Gasteiger partial charge is 0.452 e. The van der Waals surface area contributed by atoms with E-state index in [1.165, 1.54) is 0 Å². The van der Waals surface area contributed by atoms with Crippen LogP contribution < -0.4 is 15.2 Å². The van der Waals surface area contributed by atoms with Gasteiger partial charge in [0, 0.05) is 19.7 Å². The topological polar surface area (TPSA) is 120 Å². The predicted molar refractivity (Wildman–Crippen MR) is 57.0 cm³/mol. The molecule has 0 aromatic rings. The lowest BCUT2D eigenvalue weighted by molar-refractivity contribution is 0.140. The third-order valence-electron chi connectivity index (χ3n) is 1.42. The highest BCUT2D eigenvalue weighted by Crippen LogP contribution is 1.84. The summed E-state index contributed by atoms with van der Waals surface area (Å²) in [4.78, 5) is 10.6. The molecule has 0 atom stereocenters. The van der Waals surface area contributed by atoms with Crippen LogP contribution >= 0.6 is 0 Å². The Kier molecular flexibility index (Phi) is 7.81. The zero-order valence-electron chi connectivity index (χ0n) is 9.06. The zero-order valence-corrected chi connectivity index (χ0v) is 9.88. The quantitative estimate of drug-likeness (QED) is 0.456. The van der Waals surface area contributed by atoms with Gasteiger partial charge in [-0.15, -0.1) is 0 Å². The Balaban J connectivity index is 3.63. The van der Waals surface area contributed by atoms with Crippen molar-refractivity contribution in [3.8, 4) is 0 Å². The summed E-state index contributed by atoms with van der Waals surface area (Å²) < 4.78 is 35.2. The maximum absolute atomic E-state index is 11.1. The second-order valence-electron chi connectivity index (χ2n) is 2.75. The molecule has 0 aromatic carbocycles. The van der Waals surface area contributed by atoms with Gasteiger partial charge in [-0.2, -0.15) is 13.1 Å². The Morgan fingerprint density at radius 3 is 2.62 bits per heavy atom. The SMILES string of the molecule is COC(=O)NS(=O)(=O)NCCCOCCN. The molecule has 16 heavy (non-hydrogen) atoms. The summed E-state index contributed by atoms with van der Waals surface area (Å²) in [7, 11) is -2.77. The molecule has 0 aliphatic carbocycles. The first kappa shape index (κ1) is 15.1. The van der Waals surface area contributed by atoms with Crippen LogP contribution in [0.1, 0.15) is 6.42 Å². The summed E-state index contributed by atoms with van der Waals surface area (Å²) >= 11 is 0. The number of rotatable bonds is 8. The second-order valence-corrected chi connectivity index (χ2v) is 4.25. The fourth-order valence-electron chi connectivity index (χ4n) is 0.754. The number of carbonyl (C=O) groups excluding carboxylic acids is 1. The van der Waals surface area contributed by atoms with Crippen LogP contribution in [0, 0.1) is 0 Å². The van der Waals surface area contributed by atoms with Gasteiger partial charge in [0.1, 0.15) is 0 Å². The lowest BCUT2D eigenvalue weighted by atomic mass is 10.5. The summed E-state index contributed by atoms with van der Waals surface area (Å²) in [5.74, 6) is 0. The molecule has 0 saturated heterocycles. The van der Waals surface area contributed by atoms with Crippen molar-refractivity contribution in [2.24, 2.45) is 5.73 Å². The van der Waals surface area contributed by atoms with E-state index in [4.69, 9.17) is 10.5 Å². The number of hydrogen-bond acceptors (Lipinski definition) is 6. The normalized spacial score (nSPS) is 11.1. The average molecular weight is 255 g/mol. The molecule has 0 unspecified atom stereocenters. The Hall–Kier alpha value is -0.900. The van der Waals surface area contributed by atoms with E-state index in [1.54, 1.807) is 4.72 Å². The van der Waals surface area contributed by atoms with Gasteiger partial charge >= 0.3 is 16.3 Å². The minimum atomic E-state index is -3.84. The van der Waals surface area contributed by atoms with Crippen LogP contribution in [0.5, 0.6) is 0 Å². The number of amides is 1. The van der Waals surface area contributed by atoms with E-state index in [0.717, 1.165) is 7.11 Å². The minimum Gasteiger partial charge on any atom is -0.452 e. The molecule has 8 nitrogen and oxygen atoms in total. The summed E-state index contributed by atoms with van der Waals surface area (Å²) in [6.07, 6.45) is -0.547. The van der Waals surface area contributed by atoms with Crippen LogP contribution in [0.4, 0.5) is 4.79 Å². The Bertz CT molecular complexity index is 292. The van der Waals surface area contributed by atoms with Crippen LogP contribution in [-0.2, 0) is 19.7 Å². The smallest absolute Gasteiger partial charge is 0.421 e. The van der Waals surface area contributed by atoms with Gasteiger partial charge in [0.05, 0.1) is 13.7 Å². The highest BCUT2D eigenvalue weighted by atomic mass is 32.2. The molecule has 0 aliphatic rings. The lowest BCUT2D eigenvalue weighted by Crippen LogP contribution is -2.40. The standard InChI is InChI=1S/C7H17N3O5S/c1-14-7(11)10-16(12,13)9-4-2-5-15-6-3-8/h9H,2-6,8H2,1H3,(H,10,11). The van der Waals surface area contributed by atoms with Crippen molar-refractivity contribution in [2.45, 2.75) is 6.42 Å². The summed E-state index contributed by atoms with van der Waals surface area (Å²) in [6, 6.07) is 0. The molecule has 0 aliphatic heterocycles. The van der Waals surface area contributed by atoms with Gasteiger partial charge in [0.15, 0.2) is 0 Å². The van der Waals surface area contributed by atoms with Gasteiger partial charge < -0.3 is 15.2 Å². The lowest BCUT2D eigenvalue weighted by Gasteiger charge is -2.07. The molecule has 0 aromatic heterocycles. The van der Waals surface area contributed by atoms with Crippen LogP contribution in [0.3, 0.4) is 0 Å². The van der Waals surface area contributed by atoms with Crippen molar-refractivity contribution in [2.75, 3.05) is 33.4 Å². The van der Waals surface area contributed by atoms with Gasteiger partial charge in [-0.05, 0) is 6.42 Å². The number of carbonyl (C=O) groups is 1. The molecule has 1 amide bonds. The number of methoxy groups -OCH3 is 1. The first-order valence-electron chi connectivity index (χ1n) is 4.65. The van der Waals surface area contributed by atoms with E-state index < -0.39 is 16.3 Å². The molecular weight excluding hydrogens is 238 g/mol. The highest BCUT2D eigenvalue weighted by molar-refractivity contribution is 7.88. The van der Waals surface area contributed by atoms with E-state index in [0.29, 0.717) is 26.2 Å². The van der Waals surface area contributed by atoms with E-state index in [-0.39, 0.29) is 6.54 Å². The molecule has 0 saturated carbocycles. The molecule has 4 N–H and O–H groups in total. The number of hydrogen-bond donors (Lipinski definition) is 3. The molecule has 0 fully saturated rings. The zero-order chi connectivity index (χ0) is 12.4. The number of nitrogens with one attached hydrogen (secondary N) is 2. The maximum atomic E-state index is 11.1. The van der Waals surface area contributed by atoms with E-state index in [9.17, 15) is 13.2 Å². The molecule has 0 heterocycles. The van der Waals surface area contributed by atoms with Crippen molar-refractivity contribution >= 4 is 16.3 Å². The highest BCUT2D eigenvalue weighted by Gasteiger charge is 2.12. The second kappa shape index (κ2) is 8.28. The monoisotopic (exact) mass is 255 g/mol. The Morgan fingerprint density at radius 2 is 2.06 bits per heavy atom. The summed E-state index contributed by atoms with van der Waals surface area (Å²) in [5, 5.41) is 0. The van der Waals surface area contributed by atoms with Crippen molar-refractivity contribution < 1.29 is 22.7 Å². The predicted octanol–water partition coefficient (Wildman–Crippen LogP) is -1.46. The molecule has 0 bridgehead atoms. The van der Waals surface area contributed by atoms with Gasteiger partial charge in [0.25, 0.3) is 0 Å². The van der Waals surface area contributed by atoms with Gasteiger partial charge in [-0.25, -0.2) is 9.52 Å².